The van der Waals surface area contributed by atoms with Gasteiger partial charge in [0.2, 0.25) is 0 Å². The van der Waals surface area contributed by atoms with Crippen molar-refractivity contribution in [3.05, 3.63) is 71.3 Å². The molecule has 1 aliphatic carbocycles. The van der Waals surface area contributed by atoms with Gasteiger partial charge in [0, 0.05) is 23.6 Å². The highest BCUT2D eigenvalue weighted by atomic mass is 16.5. The van der Waals surface area contributed by atoms with Gasteiger partial charge in [-0.25, -0.2) is 5.48 Å². The molecule has 2 unspecified atom stereocenters. The molecular weight excluding hydrogens is 362 g/mol. The van der Waals surface area contributed by atoms with Crippen LogP contribution in [0, 0.1) is 0 Å². The predicted octanol–water partition coefficient (Wildman–Crippen LogP) is 3.35. The number of hydrogen-bond acceptors (Lipinski definition) is 4. The number of piperidine rings is 1. The van der Waals surface area contributed by atoms with Crippen LogP contribution in [0.2, 0.25) is 0 Å². The van der Waals surface area contributed by atoms with E-state index in [0.29, 0.717) is 23.6 Å². The number of likely N-dealkylation sites (tertiary alicyclic amines) is 1. The molecule has 0 bridgehead atoms. The maximum atomic E-state index is 11.4. The van der Waals surface area contributed by atoms with Gasteiger partial charge >= 0.3 is 0 Å². The molecule has 1 saturated carbocycles. The second-order valence-electron chi connectivity index (χ2n) is 8.38. The van der Waals surface area contributed by atoms with Crippen LogP contribution in [0.1, 0.15) is 53.1 Å². The Bertz CT molecular complexity index is 786. The topological polar surface area (TPSA) is 64.6 Å². The van der Waals surface area contributed by atoms with Crippen LogP contribution in [0.4, 0.5) is 0 Å². The average molecular weight is 394 g/mol. The molecule has 2 aromatic carbocycles. The molecule has 0 spiro atoms. The van der Waals surface area contributed by atoms with Crippen LogP contribution in [0.15, 0.2) is 54.6 Å². The Morgan fingerprint density at radius 2 is 1.76 bits per heavy atom. The summed E-state index contributed by atoms with van der Waals surface area (Å²) in [6.07, 6.45) is 5.90. The van der Waals surface area contributed by atoms with E-state index in [9.17, 15) is 4.79 Å². The van der Waals surface area contributed by atoms with E-state index < -0.39 is 5.91 Å². The minimum atomic E-state index is -0.464. The average Bonchev–Trinajstić information content (AvgIpc) is 3.54. The third-order valence-electron chi connectivity index (χ3n) is 6.31. The Kier molecular flexibility index (Phi) is 6.60. The lowest BCUT2D eigenvalue weighted by Crippen LogP contribution is -2.43. The molecule has 154 valence electrons. The number of nitrogens with one attached hydrogen (secondary N) is 2. The van der Waals surface area contributed by atoms with Crippen molar-refractivity contribution in [1.82, 2.24) is 15.7 Å². The summed E-state index contributed by atoms with van der Waals surface area (Å²) in [5, 5.41) is 12.6. The number of hydrogen-bond donors (Lipinski definition) is 3. The van der Waals surface area contributed by atoms with Crippen molar-refractivity contribution in [2.45, 2.75) is 50.1 Å². The lowest BCUT2D eigenvalue weighted by atomic mass is 10.0. The first-order valence-corrected chi connectivity index (χ1v) is 10.8. The minimum absolute atomic E-state index is 0.464. The summed E-state index contributed by atoms with van der Waals surface area (Å²) >= 11 is 0. The van der Waals surface area contributed by atoms with Crippen molar-refractivity contribution in [2.75, 3.05) is 19.6 Å². The van der Waals surface area contributed by atoms with E-state index >= 15 is 0 Å². The van der Waals surface area contributed by atoms with Crippen LogP contribution in [0.3, 0.4) is 0 Å². The quantitative estimate of drug-likeness (QED) is 0.475. The molecule has 5 heteroatoms. The van der Waals surface area contributed by atoms with Crippen LogP contribution < -0.4 is 10.8 Å². The molecule has 2 aromatic rings. The van der Waals surface area contributed by atoms with Crippen LogP contribution >= 0.6 is 0 Å². The Labute approximate surface area is 173 Å². The maximum absolute atomic E-state index is 11.4. The Hall–Kier alpha value is -2.21. The normalized spacial score (nSPS) is 22.4. The molecule has 5 nitrogen and oxygen atoms in total. The fourth-order valence-electron chi connectivity index (χ4n) is 4.47. The maximum Gasteiger partial charge on any atom is 0.274 e. The number of amides is 1. The summed E-state index contributed by atoms with van der Waals surface area (Å²) < 4.78 is 0. The van der Waals surface area contributed by atoms with Crippen molar-refractivity contribution in [3.63, 3.8) is 0 Å². The monoisotopic (exact) mass is 393 g/mol. The minimum Gasteiger partial charge on any atom is -0.311 e. The summed E-state index contributed by atoms with van der Waals surface area (Å²) in [6.45, 7) is 3.48. The molecule has 1 saturated heterocycles. The number of nitrogens with zero attached hydrogens (tertiary/aromatic N) is 1. The molecular formula is C24H31N3O2. The number of carbonyl (C=O) groups excluding carboxylic acids is 1. The highest BCUT2D eigenvalue weighted by Crippen LogP contribution is 2.41. The third kappa shape index (κ3) is 5.44. The summed E-state index contributed by atoms with van der Waals surface area (Å²) in [7, 11) is 0. The van der Waals surface area contributed by atoms with E-state index in [-0.39, 0.29) is 0 Å². The van der Waals surface area contributed by atoms with E-state index in [1.807, 2.05) is 12.1 Å². The molecule has 1 heterocycles. The standard InChI is InChI=1S/C24H31N3O2/c28-24(26-29)20-10-8-18(9-11-20)5-4-14-27-15-12-21(13-16-27)25-23-17-22(23)19-6-2-1-3-7-19/h1-3,6-11,21-23,25,29H,4-5,12-17H2,(H,26,28). The first-order valence-electron chi connectivity index (χ1n) is 10.8. The predicted molar refractivity (Wildman–Crippen MR) is 114 cm³/mol. The molecule has 3 N–H and O–H groups in total. The number of hydroxylamine groups is 1. The van der Waals surface area contributed by atoms with Gasteiger partial charge in [-0.1, -0.05) is 42.5 Å². The van der Waals surface area contributed by atoms with Crippen LogP contribution in [0.25, 0.3) is 0 Å². The number of aryl methyl sites for hydroxylation is 1. The van der Waals surface area contributed by atoms with Crippen molar-refractivity contribution < 1.29 is 10.0 Å². The van der Waals surface area contributed by atoms with Crippen LogP contribution in [-0.4, -0.2) is 47.7 Å². The molecule has 29 heavy (non-hydrogen) atoms. The van der Waals surface area contributed by atoms with Gasteiger partial charge in [0.1, 0.15) is 0 Å². The molecule has 2 atom stereocenters. The van der Waals surface area contributed by atoms with Gasteiger partial charge in [-0.15, -0.1) is 0 Å². The second-order valence-corrected chi connectivity index (χ2v) is 8.38. The first kappa shape index (κ1) is 20.1. The first-order chi connectivity index (χ1) is 14.2. The highest BCUT2D eigenvalue weighted by Gasteiger charge is 2.39. The zero-order valence-electron chi connectivity index (χ0n) is 16.9. The third-order valence-corrected chi connectivity index (χ3v) is 6.31. The number of carbonyl (C=O) groups is 1. The second kappa shape index (κ2) is 9.53. The summed E-state index contributed by atoms with van der Waals surface area (Å²) in [5.74, 6) is 0.249. The smallest absolute Gasteiger partial charge is 0.274 e. The largest absolute Gasteiger partial charge is 0.311 e. The fraction of sp³-hybridized carbons (Fsp3) is 0.458. The molecule has 2 fully saturated rings. The molecule has 1 amide bonds. The Morgan fingerprint density at radius 3 is 2.45 bits per heavy atom. The van der Waals surface area contributed by atoms with Crippen LogP contribution in [-0.2, 0) is 6.42 Å². The van der Waals surface area contributed by atoms with E-state index in [4.69, 9.17) is 5.21 Å². The lowest BCUT2D eigenvalue weighted by molar-refractivity contribution is 0.0706. The van der Waals surface area contributed by atoms with Crippen molar-refractivity contribution in [1.29, 1.82) is 0 Å². The van der Waals surface area contributed by atoms with Gasteiger partial charge in [-0.05, 0) is 75.0 Å². The van der Waals surface area contributed by atoms with Gasteiger partial charge in [0.25, 0.3) is 5.91 Å². The van der Waals surface area contributed by atoms with E-state index in [0.717, 1.165) is 19.4 Å². The van der Waals surface area contributed by atoms with Crippen molar-refractivity contribution in [2.24, 2.45) is 0 Å². The summed E-state index contributed by atoms with van der Waals surface area (Å²) in [4.78, 5) is 13.9. The molecule has 1 aliphatic heterocycles. The highest BCUT2D eigenvalue weighted by molar-refractivity contribution is 5.93. The van der Waals surface area contributed by atoms with E-state index in [1.165, 1.54) is 43.5 Å². The number of rotatable bonds is 8. The van der Waals surface area contributed by atoms with E-state index in [2.05, 4.69) is 40.5 Å². The Morgan fingerprint density at radius 1 is 1.03 bits per heavy atom. The van der Waals surface area contributed by atoms with Crippen LogP contribution in [0.5, 0.6) is 0 Å². The van der Waals surface area contributed by atoms with Gasteiger partial charge < -0.3 is 10.2 Å². The van der Waals surface area contributed by atoms with E-state index in [1.54, 1.807) is 17.6 Å². The molecule has 2 aliphatic rings. The lowest BCUT2D eigenvalue weighted by Gasteiger charge is -2.32. The van der Waals surface area contributed by atoms with Crippen molar-refractivity contribution in [3.8, 4) is 0 Å². The van der Waals surface area contributed by atoms with Gasteiger partial charge in [-0.3, -0.25) is 10.0 Å². The molecule has 0 radical (unpaired) electrons. The summed E-state index contributed by atoms with van der Waals surface area (Å²) in [5.41, 5.74) is 4.86. The molecule has 4 rings (SSSR count). The molecule has 0 aromatic heterocycles. The summed E-state index contributed by atoms with van der Waals surface area (Å²) in [6, 6.07) is 19.7. The fourth-order valence-corrected chi connectivity index (χ4v) is 4.47. The van der Waals surface area contributed by atoms with Crippen molar-refractivity contribution >= 4 is 5.91 Å². The zero-order valence-corrected chi connectivity index (χ0v) is 16.9. The Balaban J connectivity index is 1.12. The zero-order chi connectivity index (χ0) is 20.1. The van der Waals surface area contributed by atoms with Gasteiger partial charge in [-0.2, -0.15) is 0 Å². The SMILES string of the molecule is O=C(NO)c1ccc(CCCN2CCC(NC3CC3c3ccccc3)CC2)cc1. The van der Waals surface area contributed by atoms with Gasteiger partial charge in [0.05, 0.1) is 0 Å². The van der Waals surface area contributed by atoms with Gasteiger partial charge in [0.15, 0.2) is 0 Å². The number of benzene rings is 2.